The molecule has 1 unspecified atom stereocenters. The first-order valence-electron chi connectivity index (χ1n) is 12.7. The molecule has 2 N–H and O–H groups in total. The molecule has 1 fully saturated rings. The molecule has 2 amide bonds. The molecule has 0 bridgehead atoms. The summed E-state index contributed by atoms with van der Waals surface area (Å²) in [4.78, 5) is 30.6. The predicted octanol–water partition coefficient (Wildman–Crippen LogP) is 4.14. The Morgan fingerprint density at radius 3 is 2.34 bits per heavy atom. The van der Waals surface area contributed by atoms with E-state index >= 15 is 0 Å². The van der Waals surface area contributed by atoms with Gasteiger partial charge in [0.15, 0.2) is 0 Å². The number of amides is 2. The second-order valence-corrected chi connectivity index (χ2v) is 10.1. The lowest BCUT2D eigenvalue weighted by atomic mass is 10.1. The molecule has 1 aliphatic heterocycles. The molecule has 7 heteroatoms. The van der Waals surface area contributed by atoms with Crippen LogP contribution in [0, 0.1) is 5.92 Å². The van der Waals surface area contributed by atoms with E-state index in [-0.39, 0.29) is 30.4 Å². The Kier molecular flexibility index (Phi) is 7.65. The number of carbonyl (C=O) groups excluding carboxylic acids is 2. The maximum atomic E-state index is 13.2. The molecule has 1 aliphatic carbocycles. The third kappa shape index (κ3) is 5.78. The monoisotopic (exact) mass is 478 g/mol. The second kappa shape index (κ2) is 10.7. The molecule has 0 saturated heterocycles. The highest BCUT2D eigenvalue weighted by atomic mass is 16.5. The summed E-state index contributed by atoms with van der Waals surface area (Å²) in [5.74, 6) is 1.12. The summed E-state index contributed by atoms with van der Waals surface area (Å²) in [7, 11) is 1.63. The lowest BCUT2D eigenvalue weighted by molar-refractivity contribution is -0.118. The van der Waals surface area contributed by atoms with Gasteiger partial charge in [-0.2, -0.15) is 0 Å². The zero-order valence-corrected chi connectivity index (χ0v) is 21.5. The van der Waals surface area contributed by atoms with E-state index in [0.717, 1.165) is 29.2 Å². The van der Waals surface area contributed by atoms with Gasteiger partial charge in [0.2, 0.25) is 5.91 Å². The van der Waals surface area contributed by atoms with E-state index in [2.05, 4.69) is 36.3 Å². The number of ether oxygens (including phenoxy) is 1. The van der Waals surface area contributed by atoms with E-state index in [1.807, 2.05) is 54.3 Å². The van der Waals surface area contributed by atoms with Gasteiger partial charge < -0.3 is 25.2 Å². The standard InChI is InChI=1S/C28H38N4O3/c1-18(2)19(3)29-17-27(33)32-15-14-31(23-9-10-23)25-13-8-22(16-26(25)32)28(34)30-20(4)21-6-11-24(35-5)12-7-21/h6-8,11-13,16,18-20,23,29H,9-10,14-15,17H2,1-5H3,(H,30,34)/t19?,20-/m0/s1. The van der Waals surface area contributed by atoms with Gasteiger partial charge in [-0.3, -0.25) is 9.59 Å². The highest BCUT2D eigenvalue weighted by Gasteiger charge is 2.36. The molecule has 188 valence electrons. The molecule has 35 heavy (non-hydrogen) atoms. The molecule has 1 saturated carbocycles. The van der Waals surface area contributed by atoms with Crippen LogP contribution in [0.5, 0.6) is 5.75 Å². The fourth-order valence-corrected chi connectivity index (χ4v) is 4.43. The molecule has 0 aromatic heterocycles. The van der Waals surface area contributed by atoms with Gasteiger partial charge in [-0.25, -0.2) is 0 Å². The van der Waals surface area contributed by atoms with Gasteiger partial charge in [0.05, 0.1) is 31.1 Å². The zero-order chi connectivity index (χ0) is 25.1. The van der Waals surface area contributed by atoms with Crippen LogP contribution in [0.15, 0.2) is 42.5 Å². The summed E-state index contributed by atoms with van der Waals surface area (Å²) in [5, 5.41) is 6.44. The average molecular weight is 479 g/mol. The Hall–Kier alpha value is -3.06. The number of carbonyl (C=O) groups is 2. The van der Waals surface area contributed by atoms with Crippen LogP contribution in [-0.2, 0) is 4.79 Å². The lowest BCUT2D eigenvalue weighted by Gasteiger charge is -2.38. The Labute approximate surface area is 208 Å². The van der Waals surface area contributed by atoms with E-state index in [1.165, 1.54) is 12.8 Å². The van der Waals surface area contributed by atoms with Crippen molar-refractivity contribution in [3.63, 3.8) is 0 Å². The van der Waals surface area contributed by atoms with Gasteiger partial charge in [0.1, 0.15) is 5.75 Å². The molecule has 2 aliphatic rings. The van der Waals surface area contributed by atoms with Crippen LogP contribution >= 0.6 is 0 Å². The SMILES string of the molecule is COc1ccc([C@H](C)NC(=O)c2ccc3c(c2)N(C(=O)CNC(C)C(C)C)CCN3C2CC2)cc1. The smallest absolute Gasteiger partial charge is 0.251 e. The molecule has 0 radical (unpaired) electrons. The van der Waals surface area contributed by atoms with Crippen LogP contribution in [0.25, 0.3) is 0 Å². The Bertz CT molecular complexity index is 1050. The van der Waals surface area contributed by atoms with Crippen molar-refractivity contribution in [3.05, 3.63) is 53.6 Å². The van der Waals surface area contributed by atoms with Gasteiger partial charge in [-0.15, -0.1) is 0 Å². The number of nitrogens with one attached hydrogen (secondary N) is 2. The third-order valence-corrected chi connectivity index (χ3v) is 7.23. The Morgan fingerprint density at radius 1 is 1.00 bits per heavy atom. The van der Waals surface area contributed by atoms with Crippen molar-refractivity contribution in [1.29, 1.82) is 0 Å². The summed E-state index contributed by atoms with van der Waals surface area (Å²) in [6, 6.07) is 14.1. The molecular weight excluding hydrogens is 440 g/mol. The lowest BCUT2D eigenvalue weighted by Crippen LogP contribution is -2.49. The van der Waals surface area contributed by atoms with E-state index in [0.29, 0.717) is 24.1 Å². The Morgan fingerprint density at radius 2 is 1.71 bits per heavy atom. The quantitative estimate of drug-likeness (QED) is 0.567. The number of benzene rings is 2. The zero-order valence-electron chi connectivity index (χ0n) is 21.5. The number of fused-ring (bicyclic) bond motifs is 1. The van der Waals surface area contributed by atoms with Gasteiger partial charge in [0, 0.05) is 30.7 Å². The van der Waals surface area contributed by atoms with Crippen LogP contribution in [0.4, 0.5) is 11.4 Å². The fourth-order valence-electron chi connectivity index (χ4n) is 4.43. The summed E-state index contributed by atoms with van der Waals surface area (Å²) < 4.78 is 5.23. The number of hydrogen-bond donors (Lipinski definition) is 2. The molecule has 1 heterocycles. The third-order valence-electron chi connectivity index (χ3n) is 7.23. The normalized spacial score (nSPS) is 17.1. The molecule has 2 aromatic carbocycles. The minimum atomic E-state index is -0.160. The predicted molar refractivity (Wildman–Crippen MR) is 140 cm³/mol. The number of nitrogens with zero attached hydrogens (tertiary/aromatic N) is 2. The van der Waals surface area contributed by atoms with E-state index < -0.39 is 0 Å². The summed E-state index contributed by atoms with van der Waals surface area (Å²) >= 11 is 0. The number of methoxy groups -OCH3 is 1. The van der Waals surface area contributed by atoms with Crippen molar-refractivity contribution in [3.8, 4) is 5.75 Å². The van der Waals surface area contributed by atoms with Gasteiger partial charge >= 0.3 is 0 Å². The molecule has 0 spiro atoms. The maximum Gasteiger partial charge on any atom is 0.251 e. The van der Waals surface area contributed by atoms with Crippen molar-refractivity contribution in [2.24, 2.45) is 5.92 Å². The van der Waals surface area contributed by atoms with Crippen molar-refractivity contribution < 1.29 is 14.3 Å². The van der Waals surface area contributed by atoms with Crippen molar-refractivity contribution >= 4 is 23.2 Å². The molecule has 7 nitrogen and oxygen atoms in total. The summed E-state index contributed by atoms with van der Waals surface area (Å²) in [6.45, 7) is 10.1. The fraction of sp³-hybridized carbons (Fsp3) is 0.500. The number of rotatable bonds is 9. The van der Waals surface area contributed by atoms with Crippen LogP contribution in [0.3, 0.4) is 0 Å². The highest BCUT2D eigenvalue weighted by Crippen LogP contribution is 2.40. The maximum absolute atomic E-state index is 13.2. The van der Waals surface area contributed by atoms with E-state index in [1.54, 1.807) is 7.11 Å². The minimum absolute atomic E-state index is 0.0401. The van der Waals surface area contributed by atoms with Crippen LogP contribution in [0.1, 0.15) is 62.5 Å². The summed E-state index contributed by atoms with van der Waals surface area (Å²) in [6.07, 6.45) is 2.37. The number of hydrogen-bond acceptors (Lipinski definition) is 5. The van der Waals surface area contributed by atoms with Crippen LogP contribution in [-0.4, -0.2) is 50.6 Å². The second-order valence-electron chi connectivity index (χ2n) is 10.1. The van der Waals surface area contributed by atoms with Crippen molar-refractivity contribution in [1.82, 2.24) is 10.6 Å². The average Bonchev–Trinajstić information content (AvgIpc) is 3.71. The van der Waals surface area contributed by atoms with Gasteiger partial charge in [-0.05, 0) is 68.5 Å². The molecule has 2 atom stereocenters. The van der Waals surface area contributed by atoms with E-state index in [9.17, 15) is 9.59 Å². The van der Waals surface area contributed by atoms with Crippen LogP contribution < -0.4 is 25.2 Å². The minimum Gasteiger partial charge on any atom is -0.497 e. The largest absolute Gasteiger partial charge is 0.497 e. The van der Waals surface area contributed by atoms with E-state index in [4.69, 9.17) is 4.74 Å². The van der Waals surface area contributed by atoms with Crippen LogP contribution in [0.2, 0.25) is 0 Å². The first-order valence-corrected chi connectivity index (χ1v) is 12.7. The van der Waals surface area contributed by atoms with Gasteiger partial charge in [-0.1, -0.05) is 26.0 Å². The van der Waals surface area contributed by atoms with Crippen molar-refractivity contribution in [2.45, 2.75) is 58.7 Å². The first kappa shape index (κ1) is 25.0. The highest BCUT2D eigenvalue weighted by molar-refractivity contribution is 6.02. The number of anilines is 2. The van der Waals surface area contributed by atoms with Gasteiger partial charge in [0.25, 0.3) is 5.91 Å². The molecule has 2 aromatic rings. The summed E-state index contributed by atoms with van der Waals surface area (Å²) in [5.41, 5.74) is 3.43. The topological polar surface area (TPSA) is 73.9 Å². The Balaban J connectivity index is 1.53. The first-order chi connectivity index (χ1) is 16.8. The molecule has 4 rings (SSSR count). The molecular formula is C28H38N4O3. The van der Waals surface area contributed by atoms with Crippen molar-refractivity contribution in [2.75, 3.05) is 36.5 Å².